The lowest BCUT2D eigenvalue weighted by molar-refractivity contribution is 0.800. The van der Waals surface area contributed by atoms with Crippen LogP contribution in [0.4, 0.5) is 5.82 Å². The molecule has 0 radical (unpaired) electrons. The standard InChI is InChI=1S/C20H19Cl2N5/c1-14(15-6-7-17(21)18(22)13-15)27-20(23-2)9-8-19(26-27)25-12-10-16-5-3-4-11-24-16/h3-9,11,13H,1,10,12H2,2H3,(H,25,26). The summed E-state index contributed by atoms with van der Waals surface area (Å²) < 4.78 is 1.68. The predicted molar refractivity (Wildman–Crippen MR) is 111 cm³/mol. The maximum absolute atomic E-state index is 6.13. The molecule has 0 saturated carbocycles. The van der Waals surface area contributed by atoms with E-state index in [-0.39, 0.29) is 0 Å². The van der Waals surface area contributed by atoms with Gasteiger partial charge < -0.3 is 5.32 Å². The first-order valence-corrected chi connectivity index (χ1v) is 9.16. The summed E-state index contributed by atoms with van der Waals surface area (Å²) in [6.07, 6.45) is 2.59. The van der Waals surface area contributed by atoms with Crippen molar-refractivity contribution < 1.29 is 0 Å². The molecule has 0 spiro atoms. The van der Waals surface area contributed by atoms with Gasteiger partial charge in [0.05, 0.1) is 15.7 Å². The van der Waals surface area contributed by atoms with Crippen molar-refractivity contribution in [2.24, 2.45) is 4.99 Å². The molecule has 2 heterocycles. The van der Waals surface area contributed by atoms with E-state index in [1.54, 1.807) is 30.1 Å². The Morgan fingerprint density at radius 2 is 2.00 bits per heavy atom. The molecule has 0 aliphatic rings. The van der Waals surface area contributed by atoms with Crippen molar-refractivity contribution in [3.63, 3.8) is 0 Å². The van der Waals surface area contributed by atoms with Gasteiger partial charge in [-0.05, 0) is 36.4 Å². The predicted octanol–water partition coefficient (Wildman–Crippen LogP) is 4.29. The minimum absolute atomic E-state index is 0.468. The molecule has 3 rings (SSSR count). The molecule has 7 heteroatoms. The van der Waals surface area contributed by atoms with Crippen LogP contribution in [0.1, 0.15) is 11.3 Å². The van der Waals surface area contributed by atoms with Gasteiger partial charge in [0, 0.05) is 37.5 Å². The van der Waals surface area contributed by atoms with E-state index in [0.717, 1.165) is 23.5 Å². The number of benzene rings is 1. The molecule has 0 unspecified atom stereocenters. The number of nitrogens with one attached hydrogen (secondary N) is 1. The van der Waals surface area contributed by atoms with Crippen molar-refractivity contribution >= 4 is 34.7 Å². The zero-order valence-corrected chi connectivity index (χ0v) is 16.4. The van der Waals surface area contributed by atoms with E-state index in [4.69, 9.17) is 23.2 Å². The summed E-state index contributed by atoms with van der Waals surface area (Å²) in [7, 11) is 1.71. The van der Waals surface area contributed by atoms with E-state index < -0.39 is 0 Å². The quantitative estimate of drug-likeness (QED) is 0.672. The van der Waals surface area contributed by atoms with Crippen LogP contribution in [0, 0.1) is 0 Å². The van der Waals surface area contributed by atoms with Crippen LogP contribution >= 0.6 is 23.2 Å². The molecule has 2 aromatic heterocycles. The molecule has 0 atom stereocenters. The molecule has 0 aliphatic heterocycles. The Balaban J connectivity index is 1.81. The Kier molecular flexibility index (Phi) is 6.27. The number of hydrogen-bond donors (Lipinski definition) is 1. The van der Waals surface area contributed by atoms with Crippen molar-refractivity contribution in [1.29, 1.82) is 0 Å². The van der Waals surface area contributed by atoms with E-state index in [1.807, 2.05) is 36.4 Å². The summed E-state index contributed by atoms with van der Waals surface area (Å²) in [5.41, 5.74) is 3.18. The van der Waals surface area contributed by atoms with Gasteiger partial charge in [0.1, 0.15) is 11.3 Å². The third-order valence-electron chi connectivity index (χ3n) is 3.97. The number of anilines is 1. The van der Waals surface area contributed by atoms with Gasteiger partial charge in [-0.3, -0.25) is 9.98 Å². The van der Waals surface area contributed by atoms with Crippen LogP contribution in [0.2, 0.25) is 10.0 Å². The van der Waals surface area contributed by atoms with Gasteiger partial charge >= 0.3 is 0 Å². The summed E-state index contributed by atoms with van der Waals surface area (Å²) in [4.78, 5) is 8.59. The molecular weight excluding hydrogens is 381 g/mol. The van der Waals surface area contributed by atoms with Crippen LogP contribution in [-0.2, 0) is 6.42 Å². The number of rotatable bonds is 6. The highest BCUT2D eigenvalue weighted by molar-refractivity contribution is 6.42. The lowest BCUT2D eigenvalue weighted by atomic mass is 10.2. The second-order valence-corrected chi connectivity index (χ2v) is 6.60. The van der Waals surface area contributed by atoms with Gasteiger partial charge in [-0.15, -0.1) is 5.10 Å². The average Bonchev–Trinajstić information content (AvgIpc) is 2.70. The average molecular weight is 400 g/mol. The third-order valence-corrected chi connectivity index (χ3v) is 4.71. The molecule has 0 saturated heterocycles. The number of pyridine rings is 1. The Morgan fingerprint density at radius 3 is 2.70 bits per heavy atom. The molecule has 27 heavy (non-hydrogen) atoms. The van der Waals surface area contributed by atoms with Crippen LogP contribution in [0.15, 0.2) is 66.3 Å². The van der Waals surface area contributed by atoms with Crippen molar-refractivity contribution in [2.75, 3.05) is 18.9 Å². The van der Waals surface area contributed by atoms with Crippen LogP contribution in [0.5, 0.6) is 0 Å². The van der Waals surface area contributed by atoms with E-state index in [2.05, 4.69) is 27.0 Å². The highest BCUT2D eigenvalue weighted by Gasteiger charge is 2.08. The Hall–Kier alpha value is -2.63. The Bertz CT molecular complexity index is 1010. The summed E-state index contributed by atoms with van der Waals surface area (Å²) in [5.74, 6) is 0.722. The van der Waals surface area contributed by atoms with E-state index in [0.29, 0.717) is 27.8 Å². The van der Waals surface area contributed by atoms with Crippen molar-refractivity contribution in [2.45, 2.75) is 6.42 Å². The SMILES string of the molecule is C=C(c1ccc(Cl)c(Cl)c1)n1nc(NCCc2ccccn2)ccc1=NC. The lowest BCUT2D eigenvalue weighted by Crippen LogP contribution is -2.24. The largest absolute Gasteiger partial charge is 0.368 e. The van der Waals surface area contributed by atoms with Gasteiger partial charge in [0.15, 0.2) is 0 Å². The molecule has 1 N–H and O–H groups in total. The topological polar surface area (TPSA) is 55.1 Å². The molecule has 0 bridgehead atoms. The number of hydrogen-bond acceptors (Lipinski definition) is 4. The smallest absolute Gasteiger partial charge is 0.149 e. The van der Waals surface area contributed by atoms with Gasteiger partial charge in [-0.25, -0.2) is 4.68 Å². The molecule has 1 aromatic carbocycles. The van der Waals surface area contributed by atoms with E-state index >= 15 is 0 Å². The maximum atomic E-state index is 6.13. The lowest BCUT2D eigenvalue weighted by Gasteiger charge is -2.13. The zero-order valence-electron chi connectivity index (χ0n) is 14.9. The minimum Gasteiger partial charge on any atom is -0.368 e. The molecule has 0 fully saturated rings. The molecule has 138 valence electrons. The highest BCUT2D eigenvalue weighted by Crippen LogP contribution is 2.25. The Morgan fingerprint density at radius 1 is 1.15 bits per heavy atom. The summed E-state index contributed by atoms with van der Waals surface area (Å²) >= 11 is 12.1. The zero-order chi connectivity index (χ0) is 19.2. The highest BCUT2D eigenvalue weighted by atomic mass is 35.5. The van der Waals surface area contributed by atoms with Crippen LogP contribution in [-0.4, -0.2) is 28.4 Å². The first-order chi connectivity index (χ1) is 13.1. The first kappa shape index (κ1) is 19.1. The minimum atomic E-state index is 0.468. The maximum Gasteiger partial charge on any atom is 0.149 e. The normalized spacial score (nSPS) is 11.4. The van der Waals surface area contributed by atoms with Gasteiger partial charge in [0.2, 0.25) is 0 Å². The first-order valence-electron chi connectivity index (χ1n) is 8.40. The second kappa shape index (κ2) is 8.84. The summed E-state index contributed by atoms with van der Waals surface area (Å²) in [5, 5.41) is 8.89. The fraction of sp³-hybridized carbons (Fsp3) is 0.150. The third kappa shape index (κ3) is 4.76. The fourth-order valence-corrected chi connectivity index (χ4v) is 2.84. The second-order valence-electron chi connectivity index (χ2n) is 5.79. The molecule has 0 amide bonds. The number of halogens is 2. The summed E-state index contributed by atoms with van der Waals surface area (Å²) in [6.45, 7) is 4.86. The van der Waals surface area contributed by atoms with Crippen LogP contribution < -0.4 is 10.8 Å². The summed E-state index contributed by atoms with van der Waals surface area (Å²) in [6, 6.07) is 15.0. The fourth-order valence-electron chi connectivity index (χ4n) is 2.54. The van der Waals surface area contributed by atoms with E-state index in [9.17, 15) is 0 Å². The molecule has 0 aliphatic carbocycles. The van der Waals surface area contributed by atoms with E-state index in [1.165, 1.54) is 0 Å². The van der Waals surface area contributed by atoms with Gasteiger partial charge in [0.25, 0.3) is 0 Å². The number of aromatic nitrogens is 3. The van der Waals surface area contributed by atoms with Crippen molar-refractivity contribution in [3.8, 4) is 0 Å². The molecule has 3 aromatic rings. The van der Waals surface area contributed by atoms with Gasteiger partial charge in [-0.1, -0.05) is 41.9 Å². The number of nitrogens with zero attached hydrogens (tertiary/aromatic N) is 4. The monoisotopic (exact) mass is 399 g/mol. The van der Waals surface area contributed by atoms with Crippen LogP contribution in [0.3, 0.4) is 0 Å². The molecular formula is C20H19Cl2N5. The van der Waals surface area contributed by atoms with Crippen LogP contribution in [0.25, 0.3) is 5.70 Å². The van der Waals surface area contributed by atoms with Gasteiger partial charge in [-0.2, -0.15) is 0 Å². The molecule has 5 nitrogen and oxygen atoms in total. The van der Waals surface area contributed by atoms with Crippen molar-refractivity contribution in [3.05, 3.63) is 88.1 Å². The Labute approximate surface area is 168 Å². The van der Waals surface area contributed by atoms with Crippen molar-refractivity contribution in [1.82, 2.24) is 14.8 Å².